The first-order valence-corrected chi connectivity index (χ1v) is 6.84. The van der Waals surface area contributed by atoms with Crippen LogP contribution in [0.2, 0.25) is 0 Å². The molecule has 0 unspecified atom stereocenters. The lowest BCUT2D eigenvalue weighted by Crippen LogP contribution is -2.30. The number of rotatable bonds is 11. The van der Waals surface area contributed by atoms with E-state index in [9.17, 15) is 0 Å². The minimum Gasteiger partial charge on any atom is -0.383 e. The number of hydrazine groups is 1. The van der Waals surface area contributed by atoms with E-state index in [4.69, 9.17) is 10.6 Å². The Morgan fingerprint density at radius 2 is 1.76 bits per heavy atom. The third-order valence-electron chi connectivity index (χ3n) is 2.78. The van der Waals surface area contributed by atoms with E-state index in [1.807, 2.05) is 0 Å². The Morgan fingerprint density at radius 1 is 1.12 bits per heavy atom. The number of nitrogens with one attached hydrogen (secondary N) is 1. The minimum absolute atomic E-state index is 0.655. The van der Waals surface area contributed by atoms with E-state index in [1.165, 1.54) is 44.9 Å². The van der Waals surface area contributed by atoms with E-state index < -0.39 is 0 Å². The highest BCUT2D eigenvalue weighted by atomic mass is 16.5. The maximum Gasteiger partial charge on any atom is 0.110 e. The molecule has 0 rings (SSSR count). The summed E-state index contributed by atoms with van der Waals surface area (Å²) in [5, 5.41) is 0. The third kappa shape index (κ3) is 11.6. The van der Waals surface area contributed by atoms with Crippen LogP contribution < -0.4 is 11.3 Å². The van der Waals surface area contributed by atoms with E-state index in [2.05, 4.69) is 17.3 Å². The predicted molar refractivity (Wildman–Crippen MR) is 74.1 cm³/mol. The molecule has 0 fully saturated rings. The number of amidine groups is 1. The van der Waals surface area contributed by atoms with Crippen LogP contribution in [0.15, 0.2) is 4.99 Å². The molecule has 0 aliphatic rings. The van der Waals surface area contributed by atoms with E-state index in [1.54, 1.807) is 7.11 Å². The fraction of sp³-hybridized carbons (Fsp3) is 0.923. The fourth-order valence-electron chi connectivity index (χ4n) is 1.72. The average molecular weight is 243 g/mol. The summed E-state index contributed by atoms with van der Waals surface area (Å²) in [6.45, 7) is 3.59. The molecule has 0 atom stereocenters. The number of nitrogens with two attached hydrogens (primary N) is 1. The Hall–Kier alpha value is -0.610. The maximum absolute atomic E-state index is 5.41. The Morgan fingerprint density at radius 3 is 2.35 bits per heavy atom. The molecule has 0 aliphatic heterocycles. The molecule has 0 radical (unpaired) electrons. The Balaban J connectivity index is 3.40. The van der Waals surface area contributed by atoms with Crippen LogP contribution >= 0.6 is 0 Å². The molecule has 0 aliphatic carbocycles. The molecule has 0 aromatic carbocycles. The van der Waals surface area contributed by atoms with Crippen LogP contribution in [-0.4, -0.2) is 26.1 Å². The van der Waals surface area contributed by atoms with Crippen molar-refractivity contribution in [3.05, 3.63) is 0 Å². The van der Waals surface area contributed by atoms with Crippen LogP contribution in [0, 0.1) is 0 Å². The van der Waals surface area contributed by atoms with E-state index in [-0.39, 0.29) is 0 Å². The van der Waals surface area contributed by atoms with E-state index in [0.29, 0.717) is 13.2 Å². The average Bonchev–Trinajstić information content (AvgIpc) is 2.35. The van der Waals surface area contributed by atoms with Gasteiger partial charge in [0.2, 0.25) is 0 Å². The standard InChI is InChI=1S/C13H29N3O/c1-3-4-5-6-7-8-9-10-13(16-14)15-11-12-17-2/h3-12,14H2,1-2H3,(H,15,16). The van der Waals surface area contributed by atoms with Gasteiger partial charge in [0, 0.05) is 13.5 Å². The van der Waals surface area contributed by atoms with Crippen molar-refractivity contribution in [2.45, 2.75) is 58.3 Å². The second-order valence-electron chi connectivity index (χ2n) is 4.34. The Labute approximate surface area is 106 Å². The first-order chi connectivity index (χ1) is 8.35. The molecule has 0 spiro atoms. The van der Waals surface area contributed by atoms with Crippen molar-refractivity contribution in [2.24, 2.45) is 10.8 Å². The van der Waals surface area contributed by atoms with Gasteiger partial charge in [0.1, 0.15) is 5.84 Å². The number of nitrogens with zero attached hydrogens (tertiary/aromatic N) is 1. The summed E-state index contributed by atoms with van der Waals surface area (Å²) in [5.74, 6) is 6.31. The normalized spacial score (nSPS) is 11.8. The third-order valence-corrected chi connectivity index (χ3v) is 2.78. The van der Waals surface area contributed by atoms with Gasteiger partial charge in [-0.15, -0.1) is 0 Å². The smallest absolute Gasteiger partial charge is 0.110 e. The van der Waals surface area contributed by atoms with Gasteiger partial charge in [-0.1, -0.05) is 45.4 Å². The molecule has 0 aromatic heterocycles. The van der Waals surface area contributed by atoms with Crippen LogP contribution in [0.4, 0.5) is 0 Å². The molecule has 17 heavy (non-hydrogen) atoms. The minimum atomic E-state index is 0.655. The van der Waals surface area contributed by atoms with Gasteiger partial charge in [-0.05, 0) is 6.42 Å². The van der Waals surface area contributed by atoms with Gasteiger partial charge >= 0.3 is 0 Å². The molecular weight excluding hydrogens is 214 g/mol. The molecule has 0 aromatic rings. The van der Waals surface area contributed by atoms with Crippen molar-refractivity contribution < 1.29 is 4.74 Å². The SMILES string of the molecule is CCCCCCCCCC(=NCCOC)NN. The largest absolute Gasteiger partial charge is 0.383 e. The second-order valence-corrected chi connectivity index (χ2v) is 4.34. The topological polar surface area (TPSA) is 59.6 Å². The summed E-state index contributed by atoms with van der Waals surface area (Å²) in [7, 11) is 1.68. The second kappa shape index (κ2) is 13.5. The highest BCUT2D eigenvalue weighted by molar-refractivity contribution is 5.81. The van der Waals surface area contributed by atoms with Gasteiger partial charge in [-0.2, -0.15) is 0 Å². The molecule has 0 bridgehead atoms. The van der Waals surface area contributed by atoms with Gasteiger partial charge in [-0.25, -0.2) is 5.84 Å². The molecule has 3 N–H and O–H groups in total. The molecule has 102 valence electrons. The van der Waals surface area contributed by atoms with Gasteiger partial charge in [0.25, 0.3) is 0 Å². The van der Waals surface area contributed by atoms with Crippen LogP contribution in [-0.2, 0) is 4.74 Å². The summed E-state index contributed by atoms with van der Waals surface area (Å²) in [6, 6.07) is 0. The van der Waals surface area contributed by atoms with Crippen molar-refractivity contribution >= 4 is 5.84 Å². The first kappa shape index (κ1) is 16.4. The molecule has 4 nitrogen and oxygen atoms in total. The zero-order valence-corrected chi connectivity index (χ0v) is 11.5. The van der Waals surface area contributed by atoms with Crippen LogP contribution in [0.25, 0.3) is 0 Å². The van der Waals surface area contributed by atoms with Crippen LogP contribution in [0.3, 0.4) is 0 Å². The molecule has 0 amide bonds. The molecular formula is C13H29N3O. The zero-order chi connectivity index (χ0) is 12.8. The first-order valence-electron chi connectivity index (χ1n) is 6.84. The fourth-order valence-corrected chi connectivity index (χ4v) is 1.72. The van der Waals surface area contributed by atoms with E-state index >= 15 is 0 Å². The van der Waals surface area contributed by atoms with Crippen molar-refractivity contribution in [2.75, 3.05) is 20.3 Å². The predicted octanol–water partition coefficient (Wildman–Crippen LogP) is 2.64. The van der Waals surface area contributed by atoms with Crippen LogP contribution in [0.1, 0.15) is 58.3 Å². The van der Waals surface area contributed by atoms with E-state index in [0.717, 1.165) is 12.3 Å². The molecule has 0 heterocycles. The molecule has 4 heteroatoms. The van der Waals surface area contributed by atoms with Gasteiger partial charge in [0.15, 0.2) is 0 Å². The van der Waals surface area contributed by atoms with Crippen molar-refractivity contribution in [3.8, 4) is 0 Å². The number of aliphatic imine (C=N–C) groups is 1. The summed E-state index contributed by atoms with van der Waals surface area (Å²) >= 11 is 0. The summed E-state index contributed by atoms with van der Waals surface area (Å²) < 4.78 is 4.94. The van der Waals surface area contributed by atoms with Gasteiger partial charge < -0.3 is 10.2 Å². The Kier molecular flexibility index (Phi) is 13.0. The van der Waals surface area contributed by atoms with Crippen molar-refractivity contribution in [1.82, 2.24) is 5.43 Å². The summed E-state index contributed by atoms with van der Waals surface area (Å²) in [5.41, 5.74) is 2.67. The monoisotopic (exact) mass is 243 g/mol. The maximum atomic E-state index is 5.41. The highest BCUT2D eigenvalue weighted by Gasteiger charge is 1.97. The highest BCUT2D eigenvalue weighted by Crippen LogP contribution is 2.08. The summed E-state index contributed by atoms with van der Waals surface area (Å²) in [6.07, 6.45) is 10.1. The summed E-state index contributed by atoms with van der Waals surface area (Å²) in [4.78, 5) is 4.33. The number of hydrogen-bond donors (Lipinski definition) is 2. The van der Waals surface area contributed by atoms with Crippen molar-refractivity contribution in [1.29, 1.82) is 0 Å². The number of methoxy groups -OCH3 is 1. The zero-order valence-electron chi connectivity index (χ0n) is 11.5. The molecule has 0 saturated carbocycles. The number of hydrogen-bond acceptors (Lipinski definition) is 3. The molecule has 0 saturated heterocycles. The lowest BCUT2D eigenvalue weighted by Gasteiger charge is -2.05. The lowest BCUT2D eigenvalue weighted by atomic mass is 10.1. The van der Waals surface area contributed by atoms with Gasteiger partial charge in [0.05, 0.1) is 13.2 Å². The van der Waals surface area contributed by atoms with Gasteiger partial charge in [-0.3, -0.25) is 4.99 Å². The Bertz CT molecular complexity index is 184. The van der Waals surface area contributed by atoms with Crippen molar-refractivity contribution in [3.63, 3.8) is 0 Å². The lowest BCUT2D eigenvalue weighted by molar-refractivity contribution is 0.208. The quantitative estimate of drug-likeness (QED) is 0.193. The van der Waals surface area contributed by atoms with Crippen LogP contribution in [0.5, 0.6) is 0 Å². The number of unbranched alkanes of at least 4 members (excludes halogenated alkanes) is 6. The number of ether oxygens (including phenoxy) is 1.